The maximum absolute atomic E-state index is 13.5. The maximum Gasteiger partial charge on any atom is 0.308 e. The van der Waals surface area contributed by atoms with Crippen molar-refractivity contribution in [2.24, 2.45) is 11.7 Å². The number of rotatable bonds is 14. The largest absolute Gasteiger partial charge is 0.494 e. The summed E-state index contributed by atoms with van der Waals surface area (Å²) in [6.45, 7) is 4.71. The predicted octanol–water partition coefficient (Wildman–Crippen LogP) is 2.55. The van der Waals surface area contributed by atoms with Gasteiger partial charge in [-0.05, 0) is 49.9 Å². The number of fused-ring (bicyclic) bond motifs is 1. The molecule has 1 aromatic carbocycles. The minimum Gasteiger partial charge on any atom is -0.494 e. The molecule has 214 valence electrons. The van der Waals surface area contributed by atoms with Gasteiger partial charge in [0.2, 0.25) is 12.7 Å². The molecular formula is C28H40N4O7. The third-order valence-corrected chi connectivity index (χ3v) is 7.80. The Bertz CT molecular complexity index is 1120. The molecular weight excluding hydrogens is 504 g/mol. The predicted molar refractivity (Wildman–Crippen MR) is 144 cm³/mol. The first-order chi connectivity index (χ1) is 18.8. The molecule has 39 heavy (non-hydrogen) atoms. The van der Waals surface area contributed by atoms with Gasteiger partial charge < -0.3 is 35.4 Å². The number of amides is 1. The van der Waals surface area contributed by atoms with Gasteiger partial charge in [0.1, 0.15) is 0 Å². The minimum absolute atomic E-state index is 0.0346. The number of ether oxygens (including phenoxy) is 2. The first kappa shape index (κ1) is 28.6. The normalized spacial score (nSPS) is 20.4. The molecule has 4 rings (SSSR count). The second-order valence-corrected chi connectivity index (χ2v) is 10.3. The van der Waals surface area contributed by atoms with Gasteiger partial charge in [0.05, 0.1) is 12.5 Å². The Labute approximate surface area is 228 Å². The molecule has 2 aliphatic rings. The van der Waals surface area contributed by atoms with Crippen LogP contribution in [0.3, 0.4) is 0 Å². The number of hydrogen-bond donors (Lipinski definition) is 4. The number of likely N-dealkylation sites (tertiary alicyclic amines) is 1. The fraction of sp³-hybridized carbons (Fsp3) is 0.571. The van der Waals surface area contributed by atoms with Crippen LogP contribution in [0.15, 0.2) is 30.3 Å². The first-order valence-electron chi connectivity index (χ1n) is 13.8. The summed E-state index contributed by atoms with van der Waals surface area (Å²) in [6, 6.07) is 7.76. The van der Waals surface area contributed by atoms with Crippen molar-refractivity contribution in [3.63, 3.8) is 0 Å². The minimum atomic E-state index is -0.954. The molecule has 3 heterocycles. The molecule has 0 radical (unpaired) electrons. The summed E-state index contributed by atoms with van der Waals surface area (Å²) >= 11 is 0. The molecule has 1 aromatic heterocycles. The third kappa shape index (κ3) is 6.59. The monoisotopic (exact) mass is 544 g/mol. The quantitative estimate of drug-likeness (QED) is 0.263. The average molecular weight is 545 g/mol. The van der Waals surface area contributed by atoms with Crippen LogP contribution in [0.25, 0.3) is 0 Å². The van der Waals surface area contributed by atoms with Crippen molar-refractivity contribution in [1.82, 2.24) is 14.4 Å². The zero-order valence-corrected chi connectivity index (χ0v) is 22.5. The number of carbonyl (C=O) groups is 2. The van der Waals surface area contributed by atoms with Crippen LogP contribution in [0.4, 0.5) is 0 Å². The maximum atomic E-state index is 13.5. The van der Waals surface area contributed by atoms with Gasteiger partial charge in [-0.15, -0.1) is 0 Å². The molecule has 1 amide bonds. The molecule has 2 aromatic rings. The van der Waals surface area contributed by atoms with E-state index in [0.717, 1.165) is 31.2 Å². The van der Waals surface area contributed by atoms with Crippen molar-refractivity contribution in [3.05, 3.63) is 35.9 Å². The van der Waals surface area contributed by atoms with E-state index in [1.54, 1.807) is 6.07 Å². The van der Waals surface area contributed by atoms with Crippen LogP contribution >= 0.6 is 0 Å². The highest BCUT2D eigenvalue weighted by Gasteiger charge is 2.47. The smallest absolute Gasteiger partial charge is 0.308 e. The van der Waals surface area contributed by atoms with Crippen molar-refractivity contribution >= 4 is 11.9 Å². The summed E-state index contributed by atoms with van der Waals surface area (Å²) in [4.78, 5) is 30.1. The van der Waals surface area contributed by atoms with Crippen LogP contribution in [0.2, 0.25) is 0 Å². The summed E-state index contributed by atoms with van der Waals surface area (Å²) in [5, 5.41) is 30.7. The number of aromatic nitrogens is 1. The van der Waals surface area contributed by atoms with Crippen LogP contribution in [-0.2, 0) is 16.1 Å². The van der Waals surface area contributed by atoms with Gasteiger partial charge in [0, 0.05) is 50.3 Å². The van der Waals surface area contributed by atoms with Crippen LogP contribution in [0.5, 0.6) is 23.3 Å². The van der Waals surface area contributed by atoms with Gasteiger partial charge in [-0.3, -0.25) is 19.1 Å². The van der Waals surface area contributed by atoms with E-state index < -0.39 is 17.9 Å². The van der Waals surface area contributed by atoms with Crippen LogP contribution in [0, 0.1) is 5.92 Å². The van der Waals surface area contributed by atoms with E-state index in [4.69, 9.17) is 15.2 Å². The molecule has 1 saturated heterocycles. The SMILES string of the molecule is CCCCN(CCCCN)C(=O)CN1C[C@H](c2ccc3c(c2)OCO3)C(C(=O)O)[C@@H]1CCn1c(O)ccc1O. The molecule has 11 nitrogen and oxygen atoms in total. The Morgan fingerprint density at radius 1 is 1.05 bits per heavy atom. The number of unbranched alkanes of at least 4 members (excludes halogenated alkanes) is 2. The third-order valence-electron chi connectivity index (χ3n) is 7.80. The van der Waals surface area contributed by atoms with E-state index in [2.05, 4.69) is 6.92 Å². The van der Waals surface area contributed by atoms with Gasteiger partial charge in [-0.2, -0.15) is 0 Å². The van der Waals surface area contributed by atoms with Gasteiger partial charge in [-0.25, -0.2) is 0 Å². The highest BCUT2D eigenvalue weighted by Crippen LogP contribution is 2.43. The zero-order valence-electron chi connectivity index (χ0n) is 22.5. The zero-order chi connectivity index (χ0) is 27.9. The molecule has 1 unspecified atom stereocenters. The molecule has 0 bridgehead atoms. The first-order valence-corrected chi connectivity index (χ1v) is 13.8. The lowest BCUT2D eigenvalue weighted by molar-refractivity contribution is -0.144. The van der Waals surface area contributed by atoms with E-state index in [9.17, 15) is 24.9 Å². The van der Waals surface area contributed by atoms with Gasteiger partial charge in [0.25, 0.3) is 0 Å². The van der Waals surface area contributed by atoms with Crippen LogP contribution in [0.1, 0.15) is 50.5 Å². The second kappa shape index (κ2) is 13.1. The molecule has 3 atom stereocenters. The van der Waals surface area contributed by atoms with Crippen molar-refractivity contribution in [3.8, 4) is 23.3 Å². The lowest BCUT2D eigenvalue weighted by Gasteiger charge is -2.30. The summed E-state index contributed by atoms with van der Waals surface area (Å²) in [5.41, 5.74) is 6.47. The molecule has 0 aliphatic carbocycles. The molecule has 5 N–H and O–H groups in total. The second-order valence-electron chi connectivity index (χ2n) is 10.3. The number of carboxylic acids is 1. The molecule has 2 aliphatic heterocycles. The van der Waals surface area contributed by atoms with Gasteiger partial charge in [-0.1, -0.05) is 19.4 Å². The number of carboxylic acid groups (broad SMARTS) is 1. The molecule has 0 saturated carbocycles. The summed E-state index contributed by atoms with van der Waals surface area (Å²) in [5.74, 6) is -1.18. The lowest BCUT2D eigenvalue weighted by atomic mass is 9.84. The van der Waals surface area contributed by atoms with Crippen molar-refractivity contribution in [1.29, 1.82) is 0 Å². The fourth-order valence-electron chi connectivity index (χ4n) is 5.70. The Balaban J connectivity index is 1.60. The molecule has 1 fully saturated rings. The Morgan fingerprint density at radius 3 is 2.46 bits per heavy atom. The highest BCUT2D eigenvalue weighted by molar-refractivity contribution is 5.79. The average Bonchev–Trinajstić information content (AvgIpc) is 3.61. The number of nitrogens with zero attached hydrogens (tertiary/aromatic N) is 3. The molecule has 11 heteroatoms. The Hall–Kier alpha value is -3.44. The Kier molecular flexibility index (Phi) is 9.58. The standard InChI is InChI=1S/C28H40N4O7/c1-2-3-12-30(13-5-4-11-29)26(35)17-31-16-20(19-6-7-22-23(15-19)39-18-38-22)27(28(36)37)21(31)10-14-32-24(33)8-9-25(32)34/h6-9,15,20-21,27,33-34H,2-5,10-14,16-18,29H2,1H3,(H,36,37)/t20-,21+,27?/m1/s1. The summed E-state index contributed by atoms with van der Waals surface area (Å²) < 4.78 is 12.3. The highest BCUT2D eigenvalue weighted by atomic mass is 16.7. The Morgan fingerprint density at radius 2 is 1.77 bits per heavy atom. The van der Waals surface area contributed by atoms with E-state index in [1.807, 2.05) is 21.9 Å². The van der Waals surface area contributed by atoms with Crippen LogP contribution in [-0.4, -0.2) is 87.1 Å². The van der Waals surface area contributed by atoms with Crippen molar-refractivity contribution in [2.75, 3.05) is 39.5 Å². The fourth-order valence-corrected chi connectivity index (χ4v) is 5.70. The van der Waals surface area contributed by atoms with E-state index in [-0.39, 0.29) is 43.5 Å². The summed E-state index contributed by atoms with van der Waals surface area (Å²) in [6.07, 6.45) is 3.83. The number of nitrogens with two attached hydrogens (primary N) is 1. The van der Waals surface area contributed by atoms with E-state index in [0.29, 0.717) is 44.1 Å². The number of benzene rings is 1. The topological polar surface area (TPSA) is 151 Å². The van der Waals surface area contributed by atoms with Gasteiger partial charge in [0.15, 0.2) is 23.3 Å². The van der Waals surface area contributed by atoms with Crippen molar-refractivity contribution < 1.29 is 34.4 Å². The number of aromatic hydroxyl groups is 2. The van der Waals surface area contributed by atoms with E-state index >= 15 is 0 Å². The number of carbonyl (C=O) groups excluding carboxylic acids is 1. The number of aliphatic carboxylic acids is 1. The van der Waals surface area contributed by atoms with E-state index in [1.165, 1.54) is 16.7 Å². The van der Waals surface area contributed by atoms with Crippen LogP contribution < -0.4 is 15.2 Å². The lowest BCUT2D eigenvalue weighted by Crippen LogP contribution is -2.45. The van der Waals surface area contributed by atoms with Gasteiger partial charge >= 0.3 is 5.97 Å². The molecule has 0 spiro atoms. The summed E-state index contributed by atoms with van der Waals surface area (Å²) in [7, 11) is 0. The number of hydrogen-bond acceptors (Lipinski definition) is 8. The van der Waals surface area contributed by atoms with Crippen molar-refractivity contribution in [2.45, 2.75) is 57.5 Å².